The van der Waals surface area contributed by atoms with E-state index in [2.05, 4.69) is 20.9 Å². The number of nitrogens with two attached hydrogens (primary N) is 1. The molecule has 2 aromatic carbocycles. The van der Waals surface area contributed by atoms with Gasteiger partial charge in [-0.15, -0.1) is 11.3 Å². The third kappa shape index (κ3) is 3.79. The number of benzene rings is 2. The van der Waals surface area contributed by atoms with Gasteiger partial charge < -0.3 is 15.9 Å². The Morgan fingerprint density at radius 2 is 1.97 bits per heavy atom. The number of fused-ring (bicyclic) bond motifs is 1. The maximum atomic E-state index is 14.4. The number of hydrogen-bond acceptors (Lipinski definition) is 5. The van der Waals surface area contributed by atoms with Gasteiger partial charge in [0.1, 0.15) is 11.4 Å². The number of hydrogen-bond donors (Lipinski definition) is 3. The number of nitrogens with zero attached hydrogens (tertiary/aromatic N) is 1. The molecule has 30 heavy (non-hydrogen) atoms. The van der Waals surface area contributed by atoms with E-state index in [4.69, 9.17) is 5.73 Å². The summed E-state index contributed by atoms with van der Waals surface area (Å²) in [6.07, 6.45) is 1.62. The molecule has 2 aromatic heterocycles. The molecule has 4 nitrogen and oxygen atoms in total. The third-order valence-electron chi connectivity index (χ3n) is 5.15. The van der Waals surface area contributed by atoms with Crippen LogP contribution < -0.4 is 5.73 Å². The lowest BCUT2D eigenvalue weighted by atomic mass is 9.96. The van der Waals surface area contributed by atoms with Crippen LogP contribution in [-0.2, 0) is 5.60 Å². The van der Waals surface area contributed by atoms with Gasteiger partial charge in [-0.2, -0.15) is 0 Å². The molecule has 0 saturated heterocycles. The minimum atomic E-state index is -1.36. The van der Waals surface area contributed by atoms with Crippen molar-refractivity contribution in [2.45, 2.75) is 18.6 Å². The molecule has 2 unspecified atom stereocenters. The zero-order chi connectivity index (χ0) is 21.5. The molecule has 0 spiro atoms. The van der Waals surface area contributed by atoms with Crippen LogP contribution in [0, 0.1) is 5.82 Å². The van der Waals surface area contributed by atoms with Gasteiger partial charge in [-0.3, -0.25) is 4.98 Å². The molecule has 4 N–H and O–H groups in total. The van der Waals surface area contributed by atoms with Crippen LogP contribution in [0.3, 0.4) is 0 Å². The first-order valence-corrected chi connectivity index (χ1v) is 10.9. The molecule has 4 rings (SSSR count). The third-order valence-corrected chi connectivity index (χ3v) is 7.10. The Morgan fingerprint density at radius 3 is 2.70 bits per heavy atom. The molecule has 2 heterocycles. The molecule has 0 amide bonds. The van der Waals surface area contributed by atoms with Gasteiger partial charge in [-0.05, 0) is 48.2 Å². The second-order valence-corrected chi connectivity index (χ2v) is 9.29. The standard InChI is InChI=1S/C23H20BrFN2O2S/c1-23(29,12-28)14-8-9-27-18(11-14)15-5-2-4-13-10-19(30-22(13)15)21(26)20-16(24)6-3-7-17(20)25/h2-11,21,28-29H,12,26H2,1H3. The summed E-state index contributed by atoms with van der Waals surface area (Å²) in [5.74, 6) is -0.352. The second kappa shape index (κ2) is 8.17. The van der Waals surface area contributed by atoms with E-state index >= 15 is 0 Å². The fourth-order valence-corrected chi connectivity index (χ4v) is 5.17. The lowest BCUT2D eigenvalue weighted by Gasteiger charge is -2.21. The number of thiophene rings is 1. The summed E-state index contributed by atoms with van der Waals surface area (Å²) in [6.45, 7) is 1.16. The lowest BCUT2D eigenvalue weighted by molar-refractivity contribution is -0.00230. The molecule has 154 valence electrons. The first-order valence-electron chi connectivity index (χ1n) is 9.34. The quantitative estimate of drug-likeness (QED) is 0.366. The summed E-state index contributed by atoms with van der Waals surface area (Å²) in [7, 11) is 0. The Bertz CT molecular complexity index is 1200. The van der Waals surface area contributed by atoms with E-state index in [1.165, 1.54) is 17.4 Å². The summed E-state index contributed by atoms with van der Waals surface area (Å²) in [5, 5.41) is 20.9. The summed E-state index contributed by atoms with van der Waals surface area (Å²) in [5.41, 5.74) is 7.65. The topological polar surface area (TPSA) is 79.4 Å². The lowest BCUT2D eigenvalue weighted by Crippen LogP contribution is -2.25. The number of halogens is 2. The van der Waals surface area contributed by atoms with Crippen LogP contribution in [-0.4, -0.2) is 21.8 Å². The van der Waals surface area contributed by atoms with Crippen molar-refractivity contribution in [2.24, 2.45) is 5.73 Å². The molecular formula is C23H20BrFN2O2S. The average Bonchev–Trinajstić information content (AvgIpc) is 3.18. The van der Waals surface area contributed by atoms with Crippen LogP contribution in [0.5, 0.6) is 0 Å². The first-order chi connectivity index (χ1) is 14.3. The van der Waals surface area contributed by atoms with Crippen LogP contribution >= 0.6 is 27.3 Å². The van der Waals surface area contributed by atoms with E-state index < -0.39 is 18.2 Å². The molecule has 0 bridgehead atoms. The summed E-state index contributed by atoms with van der Waals surface area (Å²) >= 11 is 4.90. The van der Waals surface area contributed by atoms with Gasteiger partial charge in [0.25, 0.3) is 0 Å². The number of aromatic nitrogens is 1. The van der Waals surface area contributed by atoms with E-state index in [0.717, 1.165) is 20.5 Å². The minimum absolute atomic E-state index is 0.352. The van der Waals surface area contributed by atoms with Crippen molar-refractivity contribution in [2.75, 3.05) is 6.61 Å². The predicted molar refractivity (Wildman–Crippen MR) is 122 cm³/mol. The van der Waals surface area contributed by atoms with Crippen LogP contribution in [0.15, 0.2) is 65.3 Å². The molecule has 0 fully saturated rings. The van der Waals surface area contributed by atoms with E-state index in [-0.39, 0.29) is 5.82 Å². The fourth-order valence-electron chi connectivity index (χ4n) is 3.39. The van der Waals surface area contributed by atoms with Crippen LogP contribution in [0.25, 0.3) is 21.3 Å². The summed E-state index contributed by atoms with van der Waals surface area (Å²) in [6, 6.07) is 15.5. The Hall–Kier alpha value is -2.16. The molecule has 4 aromatic rings. The van der Waals surface area contributed by atoms with E-state index in [0.29, 0.717) is 21.3 Å². The van der Waals surface area contributed by atoms with Crippen molar-refractivity contribution in [3.8, 4) is 11.3 Å². The number of aliphatic hydroxyl groups is 2. The Balaban J connectivity index is 1.82. The average molecular weight is 487 g/mol. The fraction of sp³-hybridized carbons (Fsp3) is 0.174. The Labute approximate surface area is 186 Å². The predicted octanol–water partition coefficient (Wildman–Crippen LogP) is 5.11. The minimum Gasteiger partial charge on any atom is -0.393 e. The Morgan fingerprint density at radius 1 is 1.20 bits per heavy atom. The zero-order valence-electron chi connectivity index (χ0n) is 16.1. The molecule has 0 aliphatic rings. The van der Waals surface area contributed by atoms with Crippen molar-refractivity contribution in [1.82, 2.24) is 4.98 Å². The van der Waals surface area contributed by atoms with Crippen LogP contribution in [0.1, 0.15) is 29.0 Å². The van der Waals surface area contributed by atoms with Gasteiger partial charge >= 0.3 is 0 Å². The summed E-state index contributed by atoms with van der Waals surface area (Å²) < 4.78 is 16.0. The summed E-state index contributed by atoms with van der Waals surface area (Å²) in [4.78, 5) is 5.30. The largest absolute Gasteiger partial charge is 0.393 e. The SMILES string of the molecule is CC(O)(CO)c1ccnc(-c2cccc3cc(C(N)c4c(F)cccc4Br)sc23)c1. The van der Waals surface area contributed by atoms with E-state index in [1.807, 2.05) is 24.3 Å². The van der Waals surface area contributed by atoms with Crippen LogP contribution in [0.2, 0.25) is 0 Å². The zero-order valence-corrected chi connectivity index (χ0v) is 18.5. The van der Waals surface area contributed by atoms with Gasteiger partial charge in [-0.25, -0.2) is 4.39 Å². The monoisotopic (exact) mass is 486 g/mol. The number of rotatable bonds is 5. The number of aliphatic hydroxyl groups excluding tert-OH is 1. The highest BCUT2D eigenvalue weighted by atomic mass is 79.9. The van der Waals surface area contributed by atoms with Gasteiger partial charge in [-0.1, -0.05) is 40.2 Å². The van der Waals surface area contributed by atoms with Gasteiger partial charge in [0.2, 0.25) is 0 Å². The Kier molecular flexibility index (Phi) is 5.74. The molecule has 0 aliphatic carbocycles. The molecule has 0 saturated carbocycles. The smallest absolute Gasteiger partial charge is 0.129 e. The van der Waals surface area contributed by atoms with E-state index in [9.17, 15) is 14.6 Å². The number of pyridine rings is 1. The van der Waals surface area contributed by atoms with Gasteiger partial charge in [0.05, 0.1) is 18.3 Å². The first kappa shape index (κ1) is 21.1. The second-order valence-electron chi connectivity index (χ2n) is 7.35. The van der Waals surface area contributed by atoms with Crippen LogP contribution in [0.4, 0.5) is 4.39 Å². The van der Waals surface area contributed by atoms with Gasteiger partial charge in [0.15, 0.2) is 0 Å². The van der Waals surface area contributed by atoms with Crippen molar-refractivity contribution >= 4 is 37.4 Å². The maximum Gasteiger partial charge on any atom is 0.129 e. The van der Waals surface area contributed by atoms with Crippen molar-refractivity contribution in [3.63, 3.8) is 0 Å². The molecule has 7 heteroatoms. The molecule has 2 atom stereocenters. The molecule has 0 radical (unpaired) electrons. The van der Waals surface area contributed by atoms with Gasteiger partial charge in [0, 0.05) is 31.4 Å². The normalized spacial score (nSPS) is 14.6. The maximum absolute atomic E-state index is 14.4. The highest BCUT2D eigenvalue weighted by molar-refractivity contribution is 9.10. The highest BCUT2D eigenvalue weighted by Crippen LogP contribution is 2.39. The highest BCUT2D eigenvalue weighted by Gasteiger charge is 2.23. The van der Waals surface area contributed by atoms with Crippen molar-refractivity contribution < 1.29 is 14.6 Å². The molecular weight excluding hydrogens is 467 g/mol. The molecule has 0 aliphatic heterocycles. The van der Waals surface area contributed by atoms with E-state index in [1.54, 1.807) is 37.4 Å². The van der Waals surface area contributed by atoms with Crippen molar-refractivity contribution in [1.29, 1.82) is 0 Å². The van der Waals surface area contributed by atoms with Crippen molar-refractivity contribution in [3.05, 3.63) is 87.1 Å².